The van der Waals surface area contributed by atoms with Crippen LogP contribution < -0.4 is 63.8 Å². The SMILES string of the molecule is C#CCCC(NC(=O)[C@@H]1[C@@H]2[C@H](CN1C(=O)[C@@H](NC(=O)NC1(CS(=O)(=O)C(C)(C)C)CCCCC1)C(C)(C)C)C21CC1)C(=O)C(=O)NCC=C.C#CCNC(=O)C(=O)C(CC1CC1)NC(=O)[C@@H]1[C@@H]2[C@H](CN1C(=O)[C@@H](NC(=O)NC1(CS(=O)(=O)C(C)(C)C)CCCCC1)C(C)(C)C)C2(C)C.C=CCNC(=O)C(=O)C(CCCC)NC(=O)[C@@H]1[C@@H]2[C@H](CN1C(=O)[C@@H](NC(=O)NC1(CS(=O)(=O)C(C)(C)C)CCCCC1)C(C)(C)C)C2(C)C. The number of hydrogen-bond donors (Lipinski definition) is 12. The summed E-state index contributed by atoms with van der Waals surface area (Å²) < 4.78 is 76.8. The largest absolute Gasteiger partial charge is 0.346 e. The van der Waals surface area contributed by atoms with Gasteiger partial charge in [0, 0.05) is 39.1 Å². The van der Waals surface area contributed by atoms with Crippen molar-refractivity contribution in [1.82, 2.24) is 78.5 Å². The second-order valence-electron chi connectivity index (χ2n) is 51.1. The number of terminal acetylenes is 2. The van der Waals surface area contributed by atoms with Crippen LogP contribution >= 0.6 is 0 Å². The number of rotatable bonds is 39. The number of ketones is 3. The van der Waals surface area contributed by atoms with Crippen molar-refractivity contribution in [3.05, 3.63) is 25.3 Å². The maximum atomic E-state index is 14.4. The maximum absolute atomic E-state index is 14.4. The van der Waals surface area contributed by atoms with Gasteiger partial charge in [0.25, 0.3) is 17.7 Å². The highest BCUT2D eigenvalue weighted by Gasteiger charge is 2.80. The van der Waals surface area contributed by atoms with Crippen LogP contribution in [0.5, 0.6) is 0 Å². The van der Waals surface area contributed by atoms with Gasteiger partial charge in [-0.15, -0.1) is 31.9 Å². The van der Waals surface area contributed by atoms with Crippen molar-refractivity contribution in [1.29, 1.82) is 0 Å². The average molecular weight is 2110 g/mol. The Morgan fingerprint density at radius 2 is 0.694 bits per heavy atom. The zero-order valence-electron chi connectivity index (χ0n) is 91.6. The monoisotopic (exact) mass is 2110 g/mol. The Morgan fingerprint density at radius 1 is 0.395 bits per heavy atom. The molecule has 15 atom stereocenters. The van der Waals surface area contributed by atoms with E-state index in [2.05, 4.69) is 103 Å². The van der Waals surface area contributed by atoms with Crippen LogP contribution in [0.3, 0.4) is 0 Å². The molecule has 3 heterocycles. The highest BCUT2D eigenvalue weighted by Crippen LogP contribution is 2.79. The number of likely N-dealkylation sites (tertiary alicyclic amines) is 3. The van der Waals surface area contributed by atoms with Crippen LogP contribution in [-0.4, -0.2) is 270 Å². The fourth-order valence-electron chi connectivity index (χ4n) is 23.0. The van der Waals surface area contributed by atoms with Gasteiger partial charge < -0.3 is 78.5 Å². The first-order chi connectivity index (χ1) is 67.8. The molecule has 0 radical (unpaired) electrons. The van der Waals surface area contributed by atoms with Crippen LogP contribution in [0.4, 0.5) is 14.4 Å². The molecule has 1 spiro atoms. The number of Topliss-reactive ketones (excluding diaryl/α,β-unsaturated/α-hetero) is 3. The van der Waals surface area contributed by atoms with E-state index >= 15 is 0 Å². The molecule has 0 aromatic carbocycles. The smallest absolute Gasteiger partial charge is 0.315 e. The van der Waals surface area contributed by atoms with Crippen LogP contribution in [0.2, 0.25) is 0 Å². The molecule has 3 unspecified atom stereocenters. The van der Waals surface area contributed by atoms with Crippen molar-refractivity contribution < 1.29 is 97.2 Å². The standard InChI is InChI=1S/C36H57N5O7S.C36H55N5O7S.C36H61N5O7S/c1-10-18-37-30(44)27(42)24(19-22-14-15-22)38-29(43)26-25-23(35(25,8)9)20-41(26)31(45)28(33(2,3)4)39-32(46)40-36(16-12-11-13-17-36)21-49(47,48)34(5,6)7;1-9-11-15-24(27(42)30(44)37-20-10-2)38-29(43)26-25-23(36(25)18-19-36)21-41(26)31(45)28(33(3,4)5)39-32(46)40-35(16-13-12-14-17-35)22-49(47,48)34(6,7)8;1-11-13-17-24(27(42)30(44)37-20-12-2)38-29(43)26-25-23(35(25,9)10)21-41(26)31(45)28(33(3,4)5)39-32(46)40-36(18-15-14-16-19-36)22-49(47,48)34(6,7)8/h1,22-26,28H,11-21H2,2-9H3,(H,37,44)(H,38,43)(H2,39,40,46);1,10,23-26,28H,2,11-22H2,3-8H3,(H,37,44)(H,38,43)(H2,39,40,46);12,23-26,28H,2,11,13-22H2,1,3-10H3,(H,37,44)(H,38,43)(H2,39,40,46)/t3*23-,24?,25-,26-,28+/m000/s1. The van der Waals surface area contributed by atoms with Crippen LogP contribution in [0, 0.1) is 98.6 Å². The van der Waals surface area contributed by atoms with Crippen molar-refractivity contribution >= 4 is 118 Å². The van der Waals surface area contributed by atoms with E-state index in [0.29, 0.717) is 71.0 Å². The molecule has 12 N–H and O–H groups in total. The second-order valence-corrected chi connectivity index (χ2v) is 59.4. The lowest BCUT2D eigenvalue weighted by Crippen LogP contribution is -2.64. The molecule has 15 amide bonds. The molecule has 824 valence electrons. The Morgan fingerprint density at radius 3 is 0.980 bits per heavy atom. The van der Waals surface area contributed by atoms with Crippen molar-refractivity contribution in [3.63, 3.8) is 0 Å². The number of amides is 15. The molecule has 147 heavy (non-hydrogen) atoms. The molecule has 3 saturated heterocycles. The molecule has 39 heteroatoms. The molecule has 11 fully saturated rings. The summed E-state index contributed by atoms with van der Waals surface area (Å²) >= 11 is 0. The third kappa shape index (κ3) is 28.9. The van der Waals surface area contributed by atoms with E-state index in [9.17, 15) is 97.2 Å². The third-order valence-corrected chi connectivity index (χ3v) is 41.4. The zero-order chi connectivity index (χ0) is 110. The molecular weight excluding hydrogens is 1940 g/mol. The van der Waals surface area contributed by atoms with Crippen LogP contribution in [0.1, 0.15) is 320 Å². The van der Waals surface area contributed by atoms with E-state index in [0.717, 1.165) is 89.9 Å². The first-order valence-corrected chi connectivity index (χ1v) is 58.1. The predicted molar refractivity (Wildman–Crippen MR) is 563 cm³/mol. The summed E-state index contributed by atoms with van der Waals surface area (Å²) in [7, 11) is -10.7. The number of carbonyl (C=O) groups is 15. The highest BCUT2D eigenvalue weighted by atomic mass is 32.2. The second kappa shape index (κ2) is 46.4. The van der Waals surface area contributed by atoms with E-state index in [1.807, 2.05) is 83.1 Å². The fourth-order valence-corrected chi connectivity index (χ4v) is 27.6. The van der Waals surface area contributed by atoms with E-state index in [1.165, 1.54) is 26.9 Å². The topological polar surface area (TPSA) is 513 Å². The number of carbonyl (C=O) groups excluding carboxylic acids is 15. The summed E-state index contributed by atoms with van der Waals surface area (Å²) in [6.45, 7) is 49.6. The number of unbranched alkanes of at least 4 members (excludes halogenated alkanes) is 1. The molecule has 8 saturated carbocycles. The minimum atomic E-state index is -3.57. The number of piperidine rings is 3. The van der Waals surface area contributed by atoms with Gasteiger partial charge >= 0.3 is 18.1 Å². The Labute approximate surface area is 874 Å². The number of nitrogens with one attached hydrogen (secondary N) is 12. The summed E-state index contributed by atoms with van der Waals surface area (Å²) in [6, 6.07) is -10.9. The fraction of sp³-hybridized carbons (Fsp3) is 0.787. The quantitative estimate of drug-likeness (QED) is 0.0155. The first-order valence-electron chi connectivity index (χ1n) is 53.1. The van der Waals surface area contributed by atoms with Crippen LogP contribution in [-0.2, 0) is 87.0 Å². The molecule has 0 bridgehead atoms. The van der Waals surface area contributed by atoms with Crippen molar-refractivity contribution in [2.24, 2.45) is 73.9 Å². The Hall–Kier alpha value is -9.50. The van der Waals surface area contributed by atoms with Crippen LogP contribution in [0.25, 0.3) is 0 Å². The first kappa shape index (κ1) is 121. The van der Waals surface area contributed by atoms with E-state index < -0.39 is 220 Å². The number of urea groups is 3. The van der Waals surface area contributed by atoms with E-state index in [1.54, 1.807) is 62.3 Å². The molecule has 11 rings (SSSR count). The molecule has 36 nitrogen and oxygen atoms in total. The van der Waals surface area contributed by atoms with Gasteiger partial charge in [-0.3, -0.25) is 57.5 Å². The minimum Gasteiger partial charge on any atom is -0.346 e. The Bertz CT molecular complexity index is 5400. The number of nitrogens with zero attached hydrogens (tertiary/aromatic N) is 3. The zero-order valence-corrected chi connectivity index (χ0v) is 94.1. The van der Waals surface area contributed by atoms with Gasteiger partial charge in [0.1, 0.15) is 36.3 Å². The number of sulfone groups is 3. The van der Waals surface area contributed by atoms with Crippen molar-refractivity contribution in [3.8, 4) is 24.7 Å². The summed E-state index contributed by atoms with van der Waals surface area (Å²) in [5, 5.41) is 33.3. The molecular formula is C108H173N15O21S3. The van der Waals surface area contributed by atoms with Gasteiger partial charge in [0.2, 0.25) is 52.8 Å². The summed E-state index contributed by atoms with van der Waals surface area (Å²) in [6.07, 6.45) is 30.1. The average Bonchev–Trinajstić information content (AvgIpc) is 1.47. The summed E-state index contributed by atoms with van der Waals surface area (Å²) in [5.74, 6) is -3.50. The lowest BCUT2D eigenvalue weighted by molar-refractivity contribution is -0.145. The lowest BCUT2D eigenvalue weighted by atomic mass is 9.83. The van der Waals surface area contributed by atoms with Gasteiger partial charge in [-0.2, -0.15) is 0 Å². The van der Waals surface area contributed by atoms with Gasteiger partial charge in [-0.25, -0.2) is 39.6 Å². The highest BCUT2D eigenvalue weighted by molar-refractivity contribution is 7.93. The molecule has 0 aromatic heterocycles. The third-order valence-electron chi connectivity index (χ3n) is 33.1. The maximum Gasteiger partial charge on any atom is 0.315 e. The molecule has 8 aliphatic carbocycles. The van der Waals surface area contributed by atoms with Crippen molar-refractivity contribution in [2.45, 2.75) is 405 Å². The lowest BCUT2D eigenvalue weighted by Gasteiger charge is -2.41. The van der Waals surface area contributed by atoms with E-state index in [4.69, 9.17) is 12.8 Å². The number of hydrogen-bond acceptors (Lipinski definition) is 21. The Kier molecular flexibility index (Phi) is 38.2. The van der Waals surface area contributed by atoms with Crippen LogP contribution in [0.15, 0.2) is 25.3 Å². The van der Waals surface area contributed by atoms with Crippen molar-refractivity contribution in [2.75, 3.05) is 56.5 Å². The summed E-state index contributed by atoms with van der Waals surface area (Å²) in [4.78, 5) is 208. The normalized spacial score (nSPS) is 24.8. The van der Waals surface area contributed by atoms with E-state index in [-0.39, 0.29) is 114 Å². The van der Waals surface area contributed by atoms with Gasteiger partial charge in [-0.05, 0) is 207 Å². The van der Waals surface area contributed by atoms with Gasteiger partial charge in [0.15, 0.2) is 29.5 Å². The minimum absolute atomic E-state index is 0.00633. The molecule has 11 aliphatic rings. The summed E-state index contributed by atoms with van der Waals surface area (Å²) in [5.41, 5.74) is -5.61. The number of fused-ring (bicyclic) bond motifs is 5. The van der Waals surface area contributed by atoms with Gasteiger partial charge in [-0.1, -0.05) is 198 Å². The van der Waals surface area contributed by atoms with Gasteiger partial charge in [0.05, 0.1) is 72.8 Å². The predicted octanol–water partition coefficient (Wildman–Crippen LogP) is 8.97. The Balaban J connectivity index is 0.000000245. The molecule has 0 aromatic rings. The molecule has 3 aliphatic heterocycles.